The molecule has 0 unspecified atom stereocenters. The number of carbonyl (C=O) groups excluding carboxylic acids is 2. The van der Waals surface area contributed by atoms with E-state index in [4.69, 9.17) is 9.47 Å². The lowest BCUT2D eigenvalue weighted by atomic mass is 10.1. The predicted octanol–water partition coefficient (Wildman–Crippen LogP) is 1.64. The van der Waals surface area contributed by atoms with Gasteiger partial charge in [0.05, 0.1) is 54.7 Å². The van der Waals surface area contributed by atoms with E-state index in [9.17, 15) is 9.59 Å². The van der Waals surface area contributed by atoms with E-state index in [1.807, 2.05) is 30.5 Å². The SMILES string of the molecule is Cc1nc(CN2C[C@@H](OCc3ccccn3)CN(C(=O)[C@H]3CCOC3)CC2=O)cs1. The fourth-order valence-electron chi connectivity index (χ4n) is 3.76. The molecule has 30 heavy (non-hydrogen) atoms. The summed E-state index contributed by atoms with van der Waals surface area (Å²) in [5.74, 6) is -0.294. The molecule has 0 bridgehead atoms. The Balaban J connectivity index is 1.48. The molecule has 2 aromatic heterocycles. The minimum absolute atomic E-state index is 0.0290. The van der Waals surface area contributed by atoms with E-state index in [1.165, 1.54) is 0 Å². The maximum Gasteiger partial charge on any atom is 0.242 e. The van der Waals surface area contributed by atoms with Crippen LogP contribution in [0.25, 0.3) is 0 Å². The van der Waals surface area contributed by atoms with Crippen molar-refractivity contribution in [3.8, 4) is 0 Å². The number of rotatable bonds is 6. The molecule has 4 rings (SSSR count). The van der Waals surface area contributed by atoms with Gasteiger partial charge >= 0.3 is 0 Å². The number of hydrogen-bond donors (Lipinski definition) is 0. The van der Waals surface area contributed by atoms with Crippen LogP contribution in [0.4, 0.5) is 0 Å². The number of aryl methyl sites for hydroxylation is 1. The first-order chi connectivity index (χ1) is 14.6. The largest absolute Gasteiger partial charge is 0.381 e. The molecule has 2 aliphatic heterocycles. The molecule has 2 aromatic rings. The van der Waals surface area contributed by atoms with Crippen molar-refractivity contribution in [2.24, 2.45) is 5.92 Å². The van der Waals surface area contributed by atoms with Crippen molar-refractivity contribution in [1.82, 2.24) is 19.8 Å². The zero-order valence-electron chi connectivity index (χ0n) is 17.0. The smallest absolute Gasteiger partial charge is 0.242 e. The second kappa shape index (κ2) is 9.63. The van der Waals surface area contributed by atoms with E-state index < -0.39 is 0 Å². The zero-order chi connectivity index (χ0) is 20.9. The molecular formula is C21H26N4O4S. The second-order valence-electron chi connectivity index (χ2n) is 7.67. The van der Waals surface area contributed by atoms with Gasteiger partial charge in [-0.3, -0.25) is 14.6 Å². The Morgan fingerprint density at radius 3 is 2.93 bits per heavy atom. The van der Waals surface area contributed by atoms with Gasteiger partial charge in [-0.15, -0.1) is 11.3 Å². The van der Waals surface area contributed by atoms with Gasteiger partial charge in [-0.1, -0.05) is 6.07 Å². The number of carbonyl (C=O) groups is 2. The first-order valence-electron chi connectivity index (χ1n) is 10.2. The van der Waals surface area contributed by atoms with Crippen molar-refractivity contribution in [3.05, 3.63) is 46.2 Å². The highest BCUT2D eigenvalue weighted by Gasteiger charge is 2.35. The van der Waals surface area contributed by atoms with E-state index in [0.717, 1.165) is 16.4 Å². The summed E-state index contributed by atoms with van der Waals surface area (Å²) in [5.41, 5.74) is 1.68. The molecule has 0 spiro atoms. The van der Waals surface area contributed by atoms with Crippen LogP contribution in [0.5, 0.6) is 0 Å². The van der Waals surface area contributed by atoms with Crippen LogP contribution < -0.4 is 0 Å². The summed E-state index contributed by atoms with van der Waals surface area (Å²) in [4.78, 5) is 38.1. The normalized spacial score (nSPS) is 22.4. The lowest BCUT2D eigenvalue weighted by molar-refractivity contribution is -0.141. The number of nitrogens with zero attached hydrogens (tertiary/aromatic N) is 4. The molecule has 2 atom stereocenters. The number of ether oxygens (including phenoxy) is 2. The average Bonchev–Trinajstić information content (AvgIpc) is 3.40. The Hall–Kier alpha value is -2.36. The number of hydrogen-bond acceptors (Lipinski definition) is 7. The molecule has 0 saturated carbocycles. The van der Waals surface area contributed by atoms with Crippen molar-refractivity contribution in [1.29, 1.82) is 0 Å². The fraction of sp³-hybridized carbons (Fsp3) is 0.524. The number of pyridine rings is 1. The Morgan fingerprint density at radius 1 is 1.33 bits per heavy atom. The zero-order valence-corrected chi connectivity index (χ0v) is 17.8. The van der Waals surface area contributed by atoms with Crippen LogP contribution in [0.15, 0.2) is 29.8 Å². The van der Waals surface area contributed by atoms with Crippen LogP contribution in [0.3, 0.4) is 0 Å². The third kappa shape index (κ3) is 5.21. The third-order valence-electron chi connectivity index (χ3n) is 5.33. The highest BCUT2D eigenvalue weighted by Crippen LogP contribution is 2.20. The van der Waals surface area contributed by atoms with Crippen molar-refractivity contribution in [2.45, 2.75) is 32.6 Å². The van der Waals surface area contributed by atoms with E-state index in [-0.39, 0.29) is 30.4 Å². The van der Waals surface area contributed by atoms with Crippen molar-refractivity contribution < 1.29 is 19.1 Å². The van der Waals surface area contributed by atoms with Gasteiger partial charge in [-0.05, 0) is 25.5 Å². The van der Waals surface area contributed by atoms with Gasteiger partial charge in [0.15, 0.2) is 0 Å². The van der Waals surface area contributed by atoms with Crippen LogP contribution in [0, 0.1) is 12.8 Å². The average molecular weight is 431 g/mol. The first kappa shape index (κ1) is 20.9. The van der Waals surface area contributed by atoms with Crippen LogP contribution in [0.2, 0.25) is 0 Å². The lowest BCUT2D eigenvalue weighted by Gasteiger charge is -2.25. The summed E-state index contributed by atoms with van der Waals surface area (Å²) in [6.45, 7) is 4.55. The van der Waals surface area contributed by atoms with Gasteiger partial charge in [0, 0.05) is 31.3 Å². The summed E-state index contributed by atoms with van der Waals surface area (Å²) in [7, 11) is 0. The molecule has 2 amide bonds. The minimum atomic E-state index is -0.301. The first-order valence-corrected chi connectivity index (χ1v) is 11.0. The van der Waals surface area contributed by atoms with Gasteiger partial charge in [0.25, 0.3) is 0 Å². The Labute approximate surface area is 179 Å². The van der Waals surface area contributed by atoms with Gasteiger partial charge in [-0.2, -0.15) is 0 Å². The standard InChI is InChI=1S/C21H26N4O4S/c1-15-23-18(14-30-15)8-24-9-19(29-13-17-4-2-3-6-22-17)10-25(11-20(24)26)21(27)16-5-7-28-12-16/h2-4,6,14,16,19H,5,7-13H2,1H3/t16-,19+/m0/s1. The molecular weight excluding hydrogens is 404 g/mol. The minimum Gasteiger partial charge on any atom is -0.381 e. The summed E-state index contributed by atoms with van der Waals surface area (Å²) < 4.78 is 11.5. The quantitative estimate of drug-likeness (QED) is 0.693. The van der Waals surface area contributed by atoms with Gasteiger partial charge in [0.2, 0.25) is 11.8 Å². The van der Waals surface area contributed by atoms with Gasteiger partial charge in [0.1, 0.15) is 0 Å². The monoisotopic (exact) mass is 430 g/mol. The van der Waals surface area contributed by atoms with E-state index in [2.05, 4.69) is 9.97 Å². The highest BCUT2D eigenvalue weighted by atomic mass is 32.1. The Kier molecular flexibility index (Phi) is 6.71. The predicted molar refractivity (Wildman–Crippen MR) is 111 cm³/mol. The molecule has 9 heteroatoms. The van der Waals surface area contributed by atoms with Crippen molar-refractivity contribution >= 4 is 23.2 Å². The van der Waals surface area contributed by atoms with Crippen LogP contribution >= 0.6 is 11.3 Å². The van der Waals surface area contributed by atoms with Gasteiger partial charge < -0.3 is 19.3 Å². The molecule has 0 radical (unpaired) electrons. The Bertz CT molecular complexity index is 869. The Morgan fingerprint density at radius 2 is 2.23 bits per heavy atom. The van der Waals surface area contributed by atoms with Crippen LogP contribution in [-0.4, -0.2) is 70.5 Å². The van der Waals surface area contributed by atoms with E-state index in [0.29, 0.717) is 45.9 Å². The summed E-state index contributed by atoms with van der Waals surface area (Å²) >= 11 is 1.56. The topological polar surface area (TPSA) is 84.9 Å². The van der Waals surface area contributed by atoms with Gasteiger partial charge in [-0.25, -0.2) is 4.98 Å². The fourth-order valence-corrected chi connectivity index (χ4v) is 4.36. The number of thiazole rings is 1. The molecule has 0 aromatic carbocycles. The maximum atomic E-state index is 13.0. The number of aromatic nitrogens is 2. The summed E-state index contributed by atoms with van der Waals surface area (Å²) in [6.07, 6.45) is 2.12. The second-order valence-corrected chi connectivity index (χ2v) is 8.73. The molecule has 0 N–H and O–H groups in total. The molecule has 2 saturated heterocycles. The molecule has 0 aliphatic carbocycles. The van der Waals surface area contributed by atoms with E-state index >= 15 is 0 Å². The number of amides is 2. The molecule has 8 nitrogen and oxygen atoms in total. The molecule has 2 aliphatic rings. The third-order valence-corrected chi connectivity index (χ3v) is 6.15. The molecule has 160 valence electrons. The lowest BCUT2D eigenvalue weighted by Crippen LogP contribution is -2.43. The molecule has 2 fully saturated rings. The molecule has 4 heterocycles. The van der Waals surface area contributed by atoms with Crippen LogP contribution in [0.1, 0.15) is 22.8 Å². The highest BCUT2D eigenvalue weighted by molar-refractivity contribution is 7.09. The van der Waals surface area contributed by atoms with Crippen LogP contribution in [-0.2, 0) is 32.2 Å². The summed E-state index contributed by atoms with van der Waals surface area (Å²) in [6, 6.07) is 5.67. The van der Waals surface area contributed by atoms with E-state index in [1.54, 1.807) is 27.3 Å². The van der Waals surface area contributed by atoms with Crippen molar-refractivity contribution in [2.75, 3.05) is 32.8 Å². The summed E-state index contributed by atoms with van der Waals surface area (Å²) in [5, 5.41) is 2.93. The maximum absolute atomic E-state index is 13.0. The van der Waals surface area contributed by atoms with Crippen molar-refractivity contribution in [3.63, 3.8) is 0 Å².